The van der Waals surface area contributed by atoms with E-state index in [1.54, 1.807) is 0 Å². The summed E-state index contributed by atoms with van der Waals surface area (Å²) in [6.07, 6.45) is 1.85. The Bertz CT molecular complexity index is 477. The molecule has 1 aromatic carbocycles. The molecule has 1 aliphatic rings. The van der Waals surface area contributed by atoms with Gasteiger partial charge in [0, 0.05) is 24.0 Å². The highest BCUT2D eigenvalue weighted by atomic mass is 35.5. The van der Waals surface area contributed by atoms with Gasteiger partial charge in [-0.15, -0.1) is 0 Å². The highest BCUT2D eigenvalue weighted by Gasteiger charge is 2.29. The van der Waals surface area contributed by atoms with Crippen LogP contribution >= 0.6 is 11.6 Å². The fourth-order valence-corrected chi connectivity index (χ4v) is 3.02. The zero-order valence-electron chi connectivity index (χ0n) is 12.4. The largest absolute Gasteiger partial charge is 0.339 e. The number of hydrogen-bond donors (Lipinski definition) is 1. The highest BCUT2D eigenvalue weighted by Crippen LogP contribution is 2.26. The Morgan fingerprint density at radius 2 is 2.25 bits per heavy atom. The van der Waals surface area contributed by atoms with E-state index in [-0.39, 0.29) is 17.9 Å². The number of rotatable bonds is 3. The van der Waals surface area contributed by atoms with E-state index in [2.05, 4.69) is 12.2 Å². The van der Waals surface area contributed by atoms with Crippen LogP contribution < -0.4 is 5.32 Å². The molecule has 110 valence electrons. The molecule has 0 aliphatic carbocycles. The molecule has 0 radical (unpaired) electrons. The lowest BCUT2D eigenvalue weighted by atomic mass is 9.91. The zero-order valence-corrected chi connectivity index (χ0v) is 13.2. The van der Waals surface area contributed by atoms with Crippen LogP contribution in [-0.4, -0.2) is 30.4 Å². The van der Waals surface area contributed by atoms with Crippen molar-refractivity contribution in [2.24, 2.45) is 5.92 Å². The first kappa shape index (κ1) is 15.3. The first-order valence-corrected chi connectivity index (χ1v) is 7.62. The van der Waals surface area contributed by atoms with Gasteiger partial charge in [-0.25, -0.2) is 0 Å². The molecule has 1 heterocycles. The van der Waals surface area contributed by atoms with Crippen LogP contribution in [0.1, 0.15) is 38.3 Å². The Morgan fingerprint density at radius 3 is 2.90 bits per heavy atom. The lowest BCUT2D eigenvalue weighted by Crippen LogP contribution is -2.43. The summed E-state index contributed by atoms with van der Waals surface area (Å²) in [5.74, 6) is 0.378. The second kappa shape index (κ2) is 6.59. The monoisotopic (exact) mass is 294 g/mol. The van der Waals surface area contributed by atoms with Crippen molar-refractivity contribution in [1.82, 2.24) is 10.2 Å². The van der Waals surface area contributed by atoms with E-state index in [9.17, 15) is 4.79 Å². The summed E-state index contributed by atoms with van der Waals surface area (Å²) >= 11 is 6.03. The number of nitrogens with one attached hydrogen (secondary N) is 1. The number of amides is 1. The number of benzene rings is 1. The molecule has 1 saturated heterocycles. The molecular weight excluding hydrogens is 272 g/mol. The van der Waals surface area contributed by atoms with Crippen LogP contribution in [0.4, 0.5) is 0 Å². The minimum Gasteiger partial charge on any atom is -0.339 e. The molecule has 3 nitrogen and oxygen atoms in total. The highest BCUT2D eigenvalue weighted by molar-refractivity contribution is 6.30. The quantitative estimate of drug-likeness (QED) is 0.928. The predicted octanol–water partition coefficient (Wildman–Crippen LogP) is 3.25. The zero-order chi connectivity index (χ0) is 14.7. The first-order chi connectivity index (χ1) is 9.49. The van der Waals surface area contributed by atoms with E-state index in [1.807, 2.05) is 43.1 Å². The molecule has 4 heteroatoms. The Labute approximate surface area is 126 Å². The summed E-state index contributed by atoms with van der Waals surface area (Å²) in [4.78, 5) is 14.5. The molecule has 1 aliphatic heterocycles. The molecule has 0 bridgehead atoms. The van der Waals surface area contributed by atoms with Crippen molar-refractivity contribution in [2.75, 3.05) is 13.6 Å². The number of hydrogen-bond acceptors (Lipinski definition) is 2. The number of piperidine rings is 1. The molecule has 3 atom stereocenters. The molecule has 0 saturated carbocycles. The van der Waals surface area contributed by atoms with Crippen LogP contribution in [0, 0.1) is 5.92 Å². The Morgan fingerprint density at radius 1 is 1.50 bits per heavy atom. The standard InChI is InChI=1S/C16H23ClN2O/c1-11-9-14(7-8-18-11)16(20)19(3)12(2)13-5-4-6-15(17)10-13/h4-6,10-12,14,18H,7-9H2,1-3H3/t11-,12?,14-/m0/s1. The lowest BCUT2D eigenvalue weighted by molar-refractivity contribution is -0.137. The fourth-order valence-electron chi connectivity index (χ4n) is 2.83. The van der Waals surface area contributed by atoms with Gasteiger partial charge in [0.1, 0.15) is 0 Å². The third-order valence-electron chi connectivity index (χ3n) is 4.23. The topological polar surface area (TPSA) is 32.3 Å². The second-order valence-corrected chi connectivity index (χ2v) is 6.19. The maximum Gasteiger partial charge on any atom is 0.226 e. The van der Waals surface area contributed by atoms with Crippen LogP contribution in [0.2, 0.25) is 5.02 Å². The third kappa shape index (κ3) is 3.53. The van der Waals surface area contributed by atoms with Gasteiger partial charge < -0.3 is 10.2 Å². The normalized spacial score (nSPS) is 24.2. The molecule has 1 N–H and O–H groups in total. The van der Waals surface area contributed by atoms with E-state index < -0.39 is 0 Å². The smallest absolute Gasteiger partial charge is 0.226 e. The van der Waals surface area contributed by atoms with Crippen LogP contribution in [0.15, 0.2) is 24.3 Å². The average Bonchev–Trinajstić information content (AvgIpc) is 2.45. The van der Waals surface area contributed by atoms with Gasteiger partial charge in [-0.05, 0) is 50.9 Å². The van der Waals surface area contributed by atoms with Crippen LogP contribution in [0.3, 0.4) is 0 Å². The summed E-state index contributed by atoms with van der Waals surface area (Å²) < 4.78 is 0. The van der Waals surface area contributed by atoms with Gasteiger partial charge >= 0.3 is 0 Å². The summed E-state index contributed by atoms with van der Waals surface area (Å²) in [6, 6.07) is 8.21. The van der Waals surface area contributed by atoms with Gasteiger partial charge in [0.2, 0.25) is 5.91 Å². The molecule has 20 heavy (non-hydrogen) atoms. The maximum absolute atomic E-state index is 12.6. The van der Waals surface area contributed by atoms with Crippen molar-refractivity contribution < 1.29 is 4.79 Å². The first-order valence-electron chi connectivity index (χ1n) is 7.24. The lowest BCUT2D eigenvalue weighted by Gasteiger charge is -2.33. The molecule has 1 fully saturated rings. The SMILES string of the molecule is CC(c1cccc(Cl)c1)N(C)C(=O)[C@H]1CCN[C@@H](C)C1. The molecule has 1 aromatic rings. The maximum atomic E-state index is 12.6. The number of carbonyl (C=O) groups is 1. The van der Waals surface area contributed by atoms with Crippen molar-refractivity contribution in [2.45, 2.75) is 38.8 Å². The number of nitrogens with zero attached hydrogens (tertiary/aromatic N) is 1. The molecule has 1 unspecified atom stereocenters. The number of carbonyl (C=O) groups excluding carboxylic acids is 1. The molecular formula is C16H23ClN2O. The summed E-state index contributed by atoms with van der Waals surface area (Å²) in [5.41, 5.74) is 1.08. The van der Waals surface area contributed by atoms with Gasteiger partial charge in [0.05, 0.1) is 6.04 Å². The fraction of sp³-hybridized carbons (Fsp3) is 0.562. The van der Waals surface area contributed by atoms with Crippen molar-refractivity contribution in [3.8, 4) is 0 Å². The minimum absolute atomic E-state index is 0.0476. The van der Waals surface area contributed by atoms with E-state index >= 15 is 0 Å². The van der Waals surface area contributed by atoms with E-state index in [1.165, 1.54) is 0 Å². The molecule has 2 rings (SSSR count). The van der Waals surface area contributed by atoms with Crippen molar-refractivity contribution in [1.29, 1.82) is 0 Å². The Kier molecular flexibility index (Phi) is 5.06. The van der Waals surface area contributed by atoms with Crippen LogP contribution in [0.25, 0.3) is 0 Å². The number of halogens is 1. The average molecular weight is 295 g/mol. The van der Waals surface area contributed by atoms with E-state index in [4.69, 9.17) is 11.6 Å². The third-order valence-corrected chi connectivity index (χ3v) is 4.47. The van der Waals surface area contributed by atoms with Gasteiger partial charge in [-0.1, -0.05) is 23.7 Å². The van der Waals surface area contributed by atoms with Crippen LogP contribution in [0.5, 0.6) is 0 Å². The van der Waals surface area contributed by atoms with Crippen molar-refractivity contribution in [3.63, 3.8) is 0 Å². The van der Waals surface area contributed by atoms with Gasteiger partial charge in [0.25, 0.3) is 0 Å². The predicted molar refractivity (Wildman–Crippen MR) is 82.8 cm³/mol. The second-order valence-electron chi connectivity index (χ2n) is 5.76. The van der Waals surface area contributed by atoms with Gasteiger partial charge in [-0.3, -0.25) is 4.79 Å². The van der Waals surface area contributed by atoms with E-state index in [0.29, 0.717) is 11.1 Å². The molecule has 0 aromatic heterocycles. The molecule has 0 spiro atoms. The minimum atomic E-state index is 0.0476. The Hall–Kier alpha value is -1.06. The van der Waals surface area contributed by atoms with Crippen molar-refractivity contribution in [3.05, 3.63) is 34.9 Å². The molecule has 1 amide bonds. The Balaban J connectivity index is 2.06. The van der Waals surface area contributed by atoms with Gasteiger partial charge in [0.15, 0.2) is 0 Å². The van der Waals surface area contributed by atoms with E-state index in [0.717, 1.165) is 24.9 Å². The van der Waals surface area contributed by atoms with Crippen molar-refractivity contribution >= 4 is 17.5 Å². The summed E-state index contributed by atoms with van der Waals surface area (Å²) in [6.45, 7) is 5.12. The van der Waals surface area contributed by atoms with Gasteiger partial charge in [-0.2, -0.15) is 0 Å². The summed E-state index contributed by atoms with van der Waals surface area (Å²) in [5, 5.41) is 4.10. The van der Waals surface area contributed by atoms with Crippen LogP contribution in [-0.2, 0) is 4.79 Å². The summed E-state index contributed by atoms with van der Waals surface area (Å²) in [7, 11) is 1.89.